The van der Waals surface area contributed by atoms with Crippen LogP contribution in [0.5, 0.6) is 0 Å². The standard InChI is InChI=1S/C21H30N6O3S/c1-25(2)10-11-27(17-13-22-26(3)14-17)31(29,30)24-21(28)23-20-18-8-4-6-15(18)12-16-7-5-9-19(16)20/h12-14H,4-11H2,1-3H3,(H2,23,24,28). The second-order valence-corrected chi connectivity index (χ2v) is 10.1. The van der Waals surface area contributed by atoms with Crippen LogP contribution in [0.3, 0.4) is 0 Å². The van der Waals surface area contributed by atoms with Crippen LogP contribution in [-0.2, 0) is 42.9 Å². The summed E-state index contributed by atoms with van der Waals surface area (Å²) in [7, 11) is 1.34. The molecule has 4 rings (SSSR count). The minimum absolute atomic E-state index is 0.192. The molecule has 2 N–H and O–H groups in total. The van der Waals surface area contributed by atoms with Gasteiger partial charge in [0, 0.05) is 32.0 Å². The number of amides is 2. The largest absolute Gasteiger partial charge is 0.334 e. The molecule has 9 nitrogen and oxygen atoms in total. The lowest BCUT2D eigenvalue weighted by Crippen LogP contribution is -2.47. The summed E-state index contributed by atoms with van der Waals surface area (Å²) in [6.45, 7) is 0.689. The van der Waals surface area contributed by atoms with Crippen molar-refractivity contribution in [2.75, 3.05) is 36.8 Å². The first-order chi connectivity index (χ1) is 14.7. The monoisotopic (exact) mass is 446 g/mol. The maximum Gasteiger partial charge on any atom is 0.334 e. The van der Waals surface area contributed by atoms with Crippen molar-refractivity contribution in [1.82, 2.24) is 19.4 Å². The molecule has 0 bridgehead atoms. The topological polar surface area (TPSA) is 99.6 Å². The zero-order valence-electron chi connectivity index (χ0n) is 18.3. The van der Waals surface area contributed by atoms with Gasteiger partial charge in [-0.2, -0.15) is 13.5 Å². The highest BCUT2D eigenvalue weighted by Gasteiger charge is 2.29. The lowest BCUT2D eigenvalue weighted by Gasteiger charge is -2.25. The maximum atomic E-state index is 13.1. The molecular formula is C21H30N6O3S. The van der Waals surface area contributed by atoms with Crippen molar-refractivity contribution in [3.05, 3.63) is 40.7 Å². The Balaban J connectivity index is 1.56. The summed E-state index contributed by atoms with van der Waals surface area (Å²) in [5.74, 6) is 0. The Bertz CT molecular complexity index is 1060. The van der Waals surface area contributed by atoms with Crippen molar-refractivity contribution in [3.63, 3.8) is 0 Å². The van der Waals surface area contributed by atoms with E-state index in [1.807, 2.05) is 19.0 Å². The highest BCUT2D eigenvalue weighted by Crippen LogP contribution is 2.38. The number of rotatable bonds is 7. The van der Waals surface area contributed by atoms with Crippen molar-refractivity contribution in [1.29, 1.82) is 0 Å². The van der Waals surface area contributed by atoms with E-state index in [2.05, 4.69) is 21.2 Å². The van der Waals surface area contributed by atoms with Gasteiger partial charge in [0.1, 0.15) is 0 Å². The van der Waals surface area contributed by atoms with Crippen molar-refractivity contribution in [3.8, 4) is 0 Å². The Hall–Kier alpha value is -2.59. The number of urea groups is 1. The van der Waals surface area contributed by atoms with Crippen molar-refractivity contribution < 1.29 is 13.2 Å². The Morgan fingerprint density at radius 1 is 1.10 bits per heavy atom. The van der Waals surface area contributed by atoms with Gasteiger partial charge in [-0.1, -0.05) is 6.07 Å². The van der Waals surface area contributed by atoms with E-state index < -0.39 is 16.2 Å². The summed E-state index contributed by atoms with van der Waals surface area (Å²) in [5, 5.41) is 6.96. The predicted molar refractivity (Wildman–Crippen MR) is 121 cm³/mol. The van der Waals surface area contributed by atoms with E-state index in [-0.39, 0.29) is 6.54 Å². The number of aryl methyl sites for hydroxylation is 3. The molecule has 1 heterocycles. The van der Waals surface area contributed by atoms with Crippen LogP contribution in [0, 0.1) is 0 Å². The molecule has 0 saturated heterocycles. The number of aromatic nitrogens is 2. The van der Waals surface area contributed by atoms with E-state index in [0.717, 1.165) is 55.3 Å². The summed E-state index contributed by atoms with van der Waals surface area (Å²) in [4.78, 5) is 14.7. The van der Waals surface area contributed by atoms with Gasteiger partial charge in [-0.3, -0.25) is 4.68 Å². The highest BCUT2D eigenvalue weighted by atomic mass is 32.2. The van der Waals surface area contributed by atoms with Gasteiger partial charge in [0.15, 0.2) is 0 Å². The Morgan fingerprint density at radius 3 is 2.29 bits per heavy atom. The quantitative estimate of drug-likeness (QED) is 0.676. The van der Waals surface area contributed by atoms with Gasteiger partial charge < -0.3 is 10.2 Å². The molecule has 1 aromatic heterocycles. The van der Waals surface area contributed by atoms with E-state index in [0.29, 0.717) is 12.2 Å². The maximum absolute atomic E-state index is 13.1. The number of hydrogen-bond donors (Lipinski definition) is 2. The minimum atomic E-state index is -4.11. The van der Waals surface area contributed by atoms with Crippen molar-refractivity contribution in [2.24, 2.45) is 7.05 Å². The van der Waals surface area contributed by atoms with Crippen LogP contribution in [0.2, 0.25) is 0 Å². The Morgan fingerprint density at radius 2 is 1.74 bits per heavy atom. The summed E-state index contributed by atoms with van der Waals surface area (Å²) >= 11 is 0. The van der Waals surface area contributed by atoms with Crippen LogP contribution in [-0.4, -0.2) is 56.3 Å². The number of hydrogen-bond acceptors (Lipinski definition) is 5. The average molecular weight is 447 g/mol. The first-order valence-electron chi connectivity index (χ1n) is 10.7. The van der Waals surface area contributed by atoms with Gasteiger partial charge in [-0.25, -0.2) is 13.8 Å². The lowest BCUT2D eigenvalue weighted by molar-refractivity contribution is 0.256. The summed E-state index contributed by atoms with van der Waals surface area (Å²) in [6, 6.07) is 1.55. The second kappa shape index (κ2) is 8.51. The SMILES string of the molecule is CN(C)CCN(c1cnn(C)c1)S(=O)(=O)NC(=O)Nc1c2c(cc3c1CCC3)CCC2. The predicted octanol–water partition coefficient (Wildman–Crippen LogP) is 1.83. The zero-order chi connectivity index (χ0) is 22.2. The zero-order valence-corrected chi connectivity index (χ0v) is 19.1. The van der Waals surface area contributed by atoms with E-state index >= 15 is 0 Å². The van der Waals surface area contributed by atoms with Gasteiger partial charge in [-0.15, -0.1) is 0 Å². The van der Waals surface area contributed by atoms with Crippen LogP contribution in [0.1, 0.15) is 35.1 Å². The first-order valence-corrected chi connectivity index (χ1v) is 12.1. The third-order valence-electron chi connectivity index (χ3n) is 5.95. The molecular weight excluding hydrogens is 416 g/mol. The molecule has 0 spiro atoms. The summed E-state index contributed by atoms with van der Waals surface area (Å²) in [5.41, 5.74) is 6.10. The smallest absolute Gasteiger partial charge is 0.308 e. The Kier molecular flexibility index (Phi) is 5.94. The number of carbonyl (C=O) groups excluding carboxylic acids is 1. The van der Waals surface area contributed by atoms with Crippen LogP contribution in [0.25, 0.3) is 0 Å². The highest BCUT2D eigenvalue weighted by molar-refractivity contribution is 7.91. The van der Waals surface area contributed by atoms with Gasteiger partial charge >= 0.3 is 16.2 Å². The number of fused-ring (bicyclic) bond motifs is 2. The number of likely N-dealkylation sites (N-methyl/N-ethyl adjacent to an activating group) is 1. The van der Waals surface area contributed by atoms with E-state index in [1.54, 1.807) is 13.2 Å². The van der Waals surface area contributed by atoms with Gasteiger partial charge in [0.25, 0.3) is 0 Å². The molecule has 31 heavy (non-hydrogen) atoms. The van der Waals surface area contributed by atoms with E-state index in [1.165, 1.54) is 26.3 Å². The fraction of sp³-hybridized carbons (Fsp3) is 0.524. The van der Waals surface area contributed by atoms with Crippen LogP contribution in [0.15, 0.2) is 18.5 Å². The third-order valence-corrected chi connectivity index (χ3v) is 7.37. The number of benzene rings is 1. The van der Waals surface area contributed by atoms with Crippen LogP contribution < -0.4 is 14.3 Å². The molecule has 0 unspecified atom stereocenters. The molecule has 168 valence electrons. The molecule has 0 saturated carbocycles. The molecule has 0 atom stereocenters. The number of carbonyl (C=O) groups is 1. The third kappa shape index (κ3) is 4.54. The average Bonchev–Trinajstić information content (AvgIpc) is 3.41. The Labute approximate surface area is 183 Å². The first kappa shape index (κ1) is 21.6. The van der Waals surface area contributed by atoms with Gasteiger partial charge in [0.05, 0.1) is 11.9 Å². The molecule has 0 aliphatic heterocycles. The normalized spacial score (nSPS) is 15.1. The van der Waals surface area contributed by atoms with Gasteiger partial charge in [-0.05, 0) is 74.9 Å². The molecule has 0 radical (unpaired) electrons. The second-order valence-electron chi connectivity index (χ2n) is 8.54. The molecule has 0 fully saturated rings. The number of nitrogens with one attached hydrogen (secondary N) is 2. The molecule has 1 aromatic carbocycles. The fourth-order valence-corrected chi connectivity index (χ4v) is 5.58. The fourth-order valence-electron chi connectivity index (χ4n) is 4.49. The van der Waals surface area contributed by atoms with Crippen molar-refractivity contribution in [2.45, 2.75) is 38.5 Å². The lowest BCUT2D eigenvalue weighted by atomic mass is 9.99. The molecule has 2 amide bonds. The van der Waals surface area contributed by atoms with E-state index in [9.17, 15) is 13.2 Å². The molecule has 2 aromatic rings. The van der Waals surface area contributed by atoms with Crippen LogP contribution in [0.4, 0.5) is 16.2 Å². The number of anilines is 2. The van der Waals surface area contributed by atoms with Crippen molar-refractivity contribution >= 4 is 27.6 Å². The van der Waals surface area contributed by atoms with Gasteiger partial charge in [0.2, 0.25) is 0 Å². The summed E-state index contributed by atoms with van der Waals surface area (Å²) in [6.07, 6.45) is 9.06. The number of nitrogens with zero attached hydrogens (tertiary/aromatic N) is 4. The molecule has 2 aliphatic carbocycles. The van der Waals surface area contributed by atoms with Crippen LogP contribution >= 0.6 is 0 Å². The molecule has 10 heteroatoms. The summed E-state index contributed by atoms with van der Waals surface area (Å²) < 4.78 is 31.2. The molecule has 2 aliphatic rings. The minimum Gasteiger partial charge on any atom is -0.308 e. The van der Waals surface area contributed by atoms with E-state index in [4.69, 9.17) is 0 Å².